The molecule has 2 N–H and O–H groups in total. The number of nitrogens with one attached hydrogen (secondary N) is 1. The SMILES string of the molecule is O=C(O)CCNc1cc(Br)cnc1Br. The van der Waals surface area contributed by atoms with E-state index in [4.69, 9.17) is 5.11 Å². The maximum absolute atomic E-state index is 10.3. The number of aromatic nitrogens is 1. The Morgan fingerprint density at radius 1 is 1.57 bits per heavy atom. The summed E-state index contributed by atoms with van der Waals surface area (Å²) in [4.78, 5) is 14.3. The number of carbonyl (C=O) groups is 1. The molecular formula is C8H8Br2N2O2. The van der Waals surface area contributed by atoms with E-state index in [-0.39, 0.29) is 6.42 Å². The van der Waals surface area contributed by atoms with Crippen molar-refractivity contribution in [1.29, 1.82) is 0 Å². The Morgan fingerprint density at radius 3 is 2.93 bits per heavy atom. The Kier molecular flexibility index (Phi) is 4.34. The Labute approximate surface area is 98.0 Å². The van der Waals surface area contributed by atoms with Crippen molar-refractivity contribution in [3.63, 3.8) is 0 Å². The Hall–Kier alpha value is -0.620. The number of anilines is 1. The van der Waals surface area contributed by atoms with Crippen molar-refractivity contribution in [2.24, 2.45) is 0 Å². The first-order valence-electron chi connectivity index (χ1n) is 3.86. The summed E-state index contributed by atoms with van der Waals surface area (Å²) in [6.07, 6.45) is 1.74. The fourth-order valence-electron chi connectivity index (χ4n) is 0.851. The van der Waals surface area contributed by atoms with E-state index < -0.39 is 5.97 Å². The van der Waals surface area contributed by atoms with E-state index in [0.717, 1.165) is 10.2 Å². The molecule has 4 nitrogen and oxygen atoms in total. The highest BCUT2D eigenvalue weighted by Crippen LogP contribution is 2.23. The van der Waals surface area contributed by atoms with Gasteiger partial charge in [0, 0.05) is 17.2 Å². The number of pyridine rings is 1. The van der Waals surface area contributed by atoms with Crippen molar-refractivity contribution in [2.45, 2.75) is 6.42 Å². The van der Waals surface area contributed by atoms with Crippen LogP contribution in [0.2, 0.25) is 0 Å². The number of halogens is 2. The molecule has 0 spiro atoms. The molecule has 1 aromatic rings. The third-order valence-electron chi connectivity index (χ3n) is 1.46. The minimum atomic E-state index is -0.823. The smallest absolute Gasteiger partial charge is 0.305 e. The molecule has 0 radical (unpaired) electrons. The van der Waals surface area contributed by atoms with Crippen molar-refractivity contribution in [2.75, 3.05) is 11.9 Å². The van der Waals surface area contributed by atoms with Gasteiger partial charge in [-0.2, -0.15) is 0 Å². The van der Waals surface area contributed by atoms with Gasteiger partial charge in [-0.05, 0) is 37.9 Å². The molecule has 1 heterocycles. The van der Waals surface area contributed by atoms with Gasteiger partial charge in [-0.15, -0.1) is 0 Å². The van der Waals surface area contributed by atoms with Crippen LogP contribution in [0.1, 0.15) is 6.42 Å². The Balaban J connectivity index is 2.57. The Bertz CT molecular complexity index is 344. The summed E-state index contributed by atoms with van der Waals surface area (Å²) >= 11 is 6.53. The first-order chi connectivity index (χ1) is 6.59. The highest BCUT2D eigenvalue weighted by atomic mass is 79.9. The highest BCUT2D eigenvalue weighted by Gasteiger charge is 2.02. The Morgan fingerprint density at radius 2 is 2.29 bits per heavy atom. The van der Waals surface area contributed by atoms with Gasteiger partial charge in [0.2, 0.25) is 0 Å². The summed E-state index contributed by atoms with van der Waals surface area (Å²) in [6, 6.07) is 1.83. The van der Waals surface area contributed by atoms with Crippen molar-refractivity contribution in [1.82, 2.24) is 4.98 Å². The van der Waals surface area contributed by atoms with E-state index in [9.17, 15) is 4.79 Å². The van der Waals surface area contributed by atoms with Crippen LogP contribution >= 0.6 is 31.9 Å². The number of hydrogen-bond donors (Lipinski definition) is 2. The van der Waals surface area contributed by atoms with Crippen LogP contribution in [0.15, 0.2) is 21.3 Å². The largest absolute Gasteiger partial charge is 0.481 e. The van der Waals surface area contributed by atoms with E-state index in [2.05, 4.69) is 42.2 Å². The maximum atomic E-state index is 10.3. The van der Waals surface area contributed by atoms with Gasteiger partial charge in [0.25, 0.3) is 0 Å². The quantitative estimate of drug-likeness (QED) is 0.836. The average molecular weight is 324 g/mol. The number of nitrogens with zero attached hydrogens (tertiary/aromatic N) is 1. The summed E-state index contributed by atoms with van der Waals surface area (Å²) in [6.45, 7) is 0.381. The van der Waals surface area contributed by atoms with Gasteiger partial charge < -0.3 is 10.4 Å². The fraction of sp³-hybridized carbons (Fsp3) is 0.250. The second-order valence-corrected chi connectivity index (χ2v) is 4.23. The lowest BCUT2D eigenvalue weighted by Crippen LogP contribution is -2.08. The maximum Gasteiger partial charge on any atom is 0.305 e. The first-order valence-corrected chi connectivity index (χ1v) is 5.45. The zero-order valence-electron chi connectivity index (χ0n) is 7.13. The van der Waals surface area contributed by atoms with Crippen LogP contribution in [0.3, 0.4) is 0 Å². The predicted molar refractivity (Wildman–Crippen MR) is 60.4 cm³/mol. The zero-order chi connectivity index (χ0) is 10.6. The lowest BCUT2D eigenvalue weighted by Gasteiger charge is -2.06. The van der Waals surface area contributed by atoms with Gasteiger partial charge >= 0.3 is 5.97 Å². The van der Waals surface area contributed by atoms with E-state index in [1.807, 2.05) is 6.07 Å². The third kappa shape index (κ3) is 3.63. The third-order valence-corrected chi connectivity index (χ3v) is 2.53. The molecule has 1 aromatic heterocycles. The molecule has 0 amide bonds. The molecular weight excluding hydrogens is 316 g/mol. The van der Waals surface area contributed by atoms with Crippen LogP contribution in [-0.2, 0) is 4.79 Å². The van der Waals surface area contributed by atoms with Gasteiger partial charge in [-0.3, -0.25) is 4.79 Å². The molecule has 76 valence electrons. The first kappa shape index (κ1) is 11.5. The summed E-state index contributed by atoms with van der Waals surface area (Å²) in [5.41, 5.74) is 0.778. The lowest BCUT2D eigenvalue weighted by atomic mass is 10.4. The van der Waals surface area contributed by atoms with E-state index in [0.29, 0.717) is 11.1 Å². The highest BCUT2D eigenvalue weighted by molar-refractivity contribution is 9.11. The van der Waals surface area contributed by atoms with Gasteiger partial charge in [0.1, 0.15) is 4.60 Å². The monoisotopic (exact) mass is 322 g/mol. The zero-order valence-corrected chi connectivity index (χ0v) is 10.3. The second-order valence-electron chi connectivity index (χ2n) is 2.56. The average Bonchev–Trinajstić information content (AvgIpc) is 2.10. The molecule has 14 heavy (non-hydrogen) atoms. The van der Waals surface area contributed by atoms with Crippen LogP contribution in [-0.4, -0.2) is 22.6 Å². The van der Waals surface area contributed by atoms with E-state index >= 15 is 0 Å². The molecule has 6 heteroatoms. The fourth-order valence-corrected chi connectivity index (χ4v) is 1.54. The molecule has 0 unspecified atom stereocenters. The second kappa shape index (κ2) is 5.31. The molecule has 0 saturated heterocycles. The van der Waals surface area contributed by atoms with Crippen molar-refractivity contribution in [3.8, 4) is 0 Å². The van der Waals surface area contributed by atoms with Gasteiger partial charge in [-0.25, -0.2) is 4.98 Å². The van der Waals surface area contributed by atoms with Crippen LogP contribution < -0.4 is 5.32 Å². The number of hydrogen-bond acceptors (Lipinski definition) is 3. The molecule has 1 rings (SSSR count). The van der Waals surface area contributed by atoms with Gasteiger partial charge in [-0.1, -0.05) is 0 Å². The summed E-state index contributed by atoms with van der Waals surface area (Å²) in [5.74, 6) is -0.823. The number of carboxylic acid groups (broad SMARTS) is 1. The van der Waals surface area contributed by atoms with Gasteiger partial charge in [0.05, 0.1) is 12.1 Å². The minimum Gasteiger partial charge on any atom is -0.481 e. The van der Waals surface area contributed by atoms with Crippen molar-refractivity contribution >= 4 is 43.5 Å². The molecule has 0 aliphatic heterocycles. The van der Waals surface area contributed by atoms with Gasteiger partial charge in [0.15, 0.2) is 0 Å². The summed E-state index contributed by atoms with van der Waals surface area (Å²) in [7, 11) is 0. The molecule has 0 aromatic carbocycles. The van der Waals surface area contributed by atoms with Crippen LogP contribution in [0.25, 0.3) is 0 Å². The topological polar surface area (TPSA) is 62.2 Å². The molecule has 0 aliphatic carbocycles. The molecule has 0 saturated carbocycles. The van der Waals surface area contributed by atoms with Crippen LogP contribution in [0.5, 0.6) is 0 Å². The van der Waals surface area contributed by atoms with Crippen molar-refractivity contribution < 1.29 is 9.90 Å². The molecule has 0 bridgehead atoms. The summed E-state index contributed by atoms with van der Waals surface area (Å²) < 4.78 is 1.52. The van der Waals surface area contributed by atoms with Crippen LogP contribution in [0.4, 0.5) is 5.69 Å². The standard InChI is InChI=1S/C8H8Br2N2O2/c9-5-3-6(8(10)12-4-5)11-2-1-7(13)14/h3-4,11H,1-2H2,(H,13,14). The number of carboxylic acids is 1. The predicted octanol–water partition coefficient (Wildman–Crippen LogP) is 2.49. The molecule has 0 fully saturated rings. The number of aliphatic carboxylic acids is 1. The lowest BCUT2D eigenvalue weighted by molar-refractivity contribution is -0.136. The molecule has 0 atom stereocenters. The van der Waals surface area contributed by atoms with Crippen LogP contribution in [0, 0.1) is 0 Å². The minimum absolute atomic E-state index is 0.0823. The normalized spacial score (nSPS) is 9.86. The van der Waals surface area contributed by atoms with Crippen molar-refractivity contribution in [3.05, 3.63) is 21.3 Å². The van der Waals surface area contributed by atoms with E-state index in [1.165, 1.54) is 0 Å². The number of rotatable bonds is 4. The summed E-state index contributed by atoms with van der Waals surface area (Å²) in [5, 5.41) is 11.4. The molecule has 0 aliphatic rings. The van der Waals surface area contributed by atoms with E-state index in [1.54, 1.807) is 6.20 Å².